The zero-order valence-electron chi connectivity index (χ0n) is 16.3. The molecule has 0 fully saturated rings. The van der Waals surface area contributed by atoms with Crippen LogP contribution in [0.1, 0.15) is 98.3 Å². The van der Waals surface area contributed by atoms with Crippen molar-refractivity contribution in [2.24, 2.45) is 5.41 Å². The Labute approximate surface area is 148 Å². The van der Waals surface area contributed by atoms with Gasteiger partial charge in [0.15, 0.2) is 5.41 Å². The van der Waals surface area contributed by atoms with Crippen LogP contribution in [0, 0.1) is 5.41 Å². The van der Waals surface area contributed by atoms with Gasteiger partial charge in [-0.15, -0.1) is 0 Å². The number of esters is 2. The zero-order chi connectivity index (χ0) is 18.3. The second-order valence-electron chi connectivity index (χ2n) is 7.08. The number of hydrogen-bond donors (Lipinski definition) is 0. The molecular weight excluding hydrogens is 304 g/mol. The lowest BCUT2D eigenvalue weighted by Crippen LogP contribution is -2.37. The molecule has 0 aliphatic carbocycles. The molecule has 0 amide bonds. The Bertz CT molecular complexity index is 337. The molecule has 4 nitrogen and oxygen atoms in total. The summed E-state index contributed by atoms with van der Waals surface area (Å²) in [5.41, 5.74) is -1.22. The van der Waals surface area contributed by atoms with Gasteiger partial charge >= 0.3 is 11.9 Å². The van der Waals surface area contributed by atoms with Crippen LogP contribution in [0.5, 0.6) is 0 Å². The van der Waals surface area contributed by atoms with Gasteiger partial charge < -0.3 is 9.47 Å². The molecule has 0 aromatic heterocycles. The SMILES string of the molecule is CCCCCCCCCCCOC(=O)C(C)(C)C(=O)OCCCC. The van der Waals surface area contributed by atoms with E-state index in [-0.39, 0.29) is 0 Å². The van der Waals surface area contributed by atoms with E-state index >= 15 is 0 Å². The largest absolute Gasteiger partial charge is 0.465 e. The fourth-order valence-corrected chi connectivity index (χ4v) is 2.33. The number of carbonyl (C=O) groups excluding carboxylic acids is 2. The van der Waals surface area contributed by atoms with Crippen LogP contribution < -0.4 is 0 Å². The van der Waals surface area contributed by atoms with Crippen molar-refractivity contribution >= 4 is 11.9 Å². The van der Waals surface area contributed by atoms with Crippen molar-refractivity contribution in [1.82, 2.24) is 0 Å². The van der Waals surface area contributed by atoms with E-state index in [1.807, 2.05) is 6.92 Å². The highest BCUT2D eigenvalue weighted by molar-refractivity contribution is 5.99. The smallest absolute Gasteiger partial charge is 0.322 e. The summed E-state index contributed by atoms with van der Waals surface area (Å²) in [4.78, 5) is 24.0. The lowest BCUT2D eigenvalue weighted by molar-refractivity contribution is -0.169. The highest BCUT2D eigenvalue weighted by Gasteiger charge is 2.39. The van der Waals surface area contributed by atoms with Crippen molar-refractivity contribution in [1.29, 1.82) is 0 Å². The molecule has 0 rings (SSSR count). The predicted octanol–water partition coefficient (Wildman–Crippen LogP) is 5.43. The summed E-state index contributed by atoms with van der Waals surface area (Å²) in [6.07, 6.45) is 12.8. The van der Waals surface area contributed by atoms with Crippen molar-refractivity contribution in [2.75, 3.05) is 13.2 Å². The highest BCUT2D eigenvalue weighted by atomic mass is 16.6. The Kier molecular flexibility index (Phi) is 13.7. The van der Waals surface area contributed by atoms with Gasteiger partial charge in [0.25, 0.3) is 0 Å². The van der Waals surface area contributed by atoms with Crippen molar-refractivity contribution in [3.05, 3.63) is 0 Å². The van der Waals surface area contributed by atoms with Crippen LogP contribution in [-0.4, -0.2) is 25.2 Å². The molecule has 0 bridgehead atoms. The van der Waals surface area contributed by atoms with E-state index in [0.29, 0.717) is 13.2 Å². The molecule has 4 heteroatoms. The Morgan fingerprint density at radius 3 is 1.46 bits per heavy atom. The van der Waals surface area contributed by atoms with Gasteiger partial charge in [0, 0.05) is 0 Å². The minimum Gasteiger partial charge on any atom is -0.465 e. The molecule has 0 aliphatic rings. The quantitative estimate of drug-likeness (QED) is 0.226. The van der Waals surface area contributed by atoms with Gasteiger partial charge in [-0.1, -0.05) is 71.6 Å². The summed E-state index contributed by atoms with van der Waals surface area (Å²) in [6.45, 7) is 8.15. The van der Waals surface area contributed by atoms with E-state index in [1.54, 1.807) is 13.8 Å². The molecular formula is C20H38O4. The molecule has 0 N–H and O–H groups in total. The van der Waals surface area contributed by atoms with Crippen LogP contribution in [0.25, 0.3) is 0 Å². The molecule has 142 valence electrons. The highest BCUT2D eigenvalue weighted by Crippen LogP contribution is 2.20. The van der Waals surface area contributed by atoms with Gasteiger partial charge in [-0.2, -0.15) is 0 Å². The Balaban J connectivity index is 3.71. The maximum atomic E-state index is 12.1. The Hall–Kier alpha value is -1.06. The predicted molar refractivity (Wildman–Crippen MR) is 97.8 cm³/mol. The lowest BCUT2D eigenvalue weighted by atomic mass is 9.94. The topological polar surface area (TPSA) is 52.6 Å². The molecule has 0 spiro atoms. The van der Waals surface area contributed by atoms with Crippen molar-refractivity contribution in [2.45, 2.75) is 98.3 Å². The normalized spacial score (nSPS) is 11.3. The maximum Gasteiger partial charge on any atom is 0.322 e. The van der Waals surface area contributed by atoms with Gasteiger partial charge in [-0.25, -0.2) is 0 Å². The molecule has 0 atom stereocenters. The average molecular weight is 343 g/mol. The van der Waals surface area contributed by atoms with E-state index in [1.165, 1.54) is 44.9 Å². The van der Waals surface area contributed by atoms with Gasteiger partial charge in [0.05, 0.1) is 13.2 Å². The Morgan fingerprint density at radius 2 is 1.00 bits per heavy atom. The van der Waals surface area contributed by atoms with Gasteiger partial charge in [0.2, 0.25) is 0 Å². The van der Waals surface area contributed by atoms with E-state index < -0.39 is 17.4 Å². The lowest BCUT2D eigenvalue weighted by Gasteiger charge is -2.20. The van der Waals surface area contributed by atoms with Crippen molar-refractivity contribution in [3.63, 3.8) is 0 Å². The molecule has 0 radical (unpaired) electrons. The van der Waals surface area contributed by atoms with Crippen LogP contribution in [0.3, 0.4) is 0 Å². The maximum absolute atomic E-state index is 12.1. The Morgan fingerprint density at radius 1 is 0.625 bits per heavy atom. The second-order valence-corrected chi connectivity index (χ2v) is 7.08. The van der Waals surface area contributed by atoms with Crippen LogP contribution >= 0.6 is 0 Å². The molecule has 0 aromatic carbocycles. The third-order valence-electron chi connectivity index (χ3n) is 4.23. The molecule has 0 heterocycles. The summed E-state index contributed by atoms with van der Waals surface area (Å²) >= 11 is 0. The zero-order valence-corrected chi connectivity index (χ0v) is 16.3. The summed E-state index contributed by atoms with van der Waals surface area (Å²) in [6, 6.07) is 0. The number of unbranched alkanes of at least 4 members (excludes halogenated alkanes) is 9. The monoisotopic (exact) mass is 342 g/mol. The molecule has 0 aliphatic heterocycles. The van der Waals surface area contributed by atoms with E-state index in [0.717, 1.165) is 25.7 Å². The number of hydrogen-bond acceptors (Lipinski definition) is 4. The first-order valence-corrected chi connectivity index (χ1v) is 9.81. The number of ether oxygens (including phenoxy) is 2. The minimum atomic E-state index is -1.22. The van der Waals surface area contributed by atoms with E-state index in [9.17, 15) is 9.59 Å². The van der Waals surface area contributed by atoms with Crippen molar-refractivity contribution < 1.29 is 19.1 Å². The van der Waals surface area contributed by atoms with Crippen LogP contribution in [-0.2, 0) is 19.1 Å². The van der Waals surface area contributed by atoms with Crippen molar-refractivity contribution in [3.8, 4) is 0 Å². The van der Waals surface area contributed by atoms with Gasteiger partial charge in [-0.05, 0) is 26.7 Å². The first-order chi connectivity index (χ1) is 11.5. The van der Waals surface area contributed by atoms with E-state index in [4.69, 9.17) is 9.47 Å². The molecule has 0 saturated heterocycles. The third-order valence-corrected chi connectivity index (χ3v) is 4.23. The minimum absolute atomic E-state index is 0.365. The average Bonchev–Trinajstić information content (AvgIpc) is 2.56. The van der Waals surface area contributed by atoms with E-state index in [2.05, 4.69) is 6.92 Å². The summed E-state index contributed by atoms with van der Waals surface area (Å²) in [5, 5.41) is 0. The molecule has 24 heavy (non-hydrogen) atoms. The first kappa shape index (κ1) is 22.9. The van der Waals surface area contributed by atoms with Gasteiger partial charge in [-0.3, -0.25) is 9.59 Å². The molecule has 0 unspecified atom stereocenters. The second kappa shape index (κ2) is 14.3. The van der Waals surface area contributed by atoms with Crippen LogP contribution in [0.2, 0.25) is 0 Å². The third kappa shape index (κ3) is 10.7. The van der Waals surface area contributed by atoms with Crippen LogP contribution in [0.15, 0.2) is 0 Å². The summed E-state index contributed by atoms with van der Waals surface area (Å²) in [5.74, 6) is -0.975. The summed E-state index contributed by atoms with van der Waals surface area (Å²) in [7, 11) is 0. The fraction of sp³-hybridized carbons (Fsp3) is 0.900. The van der Waals surface area contributed by atoms with Gasteiger partial charge in [0.1, 0.15) is 0 Å². The molecule has 0 aromatic rings. The van der Waals surface area contributed by atoms with Crippen LogP contribution in [0.4, 0.5) is 0 Å². The molecule has 0 saturated carbocycles. The standard InChI is InChI=1S/C20H38O4/c1-5-7-9-10-11-12-13-14-15-17-24-19(22)20(3,4)18(21)23-16-8-6-2/h5-17H2,1-4H3. The summed E-state index contributed by atoms with van der Waals surface area (Å²) < 4.78 is 10.4. The fourth-order valence-electron chi connectivity index (χ4n) is 2.33. The first-order valence-electron chi connectivity index (χ1n) is 9.81. The number of carbonyl (C=O) groups is 2. The number of rotatable bonds is 15.